The molecule has 5 rings (SSSR count). The highest BCUT2D eigenvalue weighted by Gasteiger charge is 2.32. The van der Waals surface area contributed by atoms with Crippen LogP contribution in [-0.4, -0.2) is 73.2 Å². The molecule has 0 aromatic heterocycles. The number of rotatable bonds is 12. The summed E-state index contributed by atoms with van der Waals surface area (Å²) in [6.07, 6.45) is 1.29. The molecule has 4 aromatic rings. The average Bonchev–Trinajstić information content (AvgIpc) is 3.19. The molecule has 1 aliphatic rings. The van der Waals surface area contributed by atoms with Crippen LogP contribution >= 0.6 is 11.6 Å². The first-order valence-corrected chi connectivity index (χ1v) is 15.3. The summed E-state index contributed by atoms with van der Waals surface area (Å²) in [5, 5.41) is 21.6. The summed E-state index contributed by atoms with van der Waals surface area (Å²) in [5.41, 5.74) is 2.92. The van der Waals surface area contributed by atoms with Gasteiger partial charge in [0.15, 0.2) is 0 Å². The summed E-state index contributed by atoms with van der Waals surface area (Å²) in [6.45, 7) is 2.67. The Labute approximate surface area is 258 Å². The van der Waals surface area contributed by atoms with E-state index in [0.717, 1.165) is 10.8 Å². The van der Waals surface area contributed by atoms with Crippen molar-refractivity contribution in [1.29, 1.82) is 0 Å². The predicted molar refractivity (Wildman–Crippen MR) is 172 cm³/mol. The quantitative estimate of drug-likeness (QED) is 0.179. The number of amides is 2. The van der Waals surface area contributed by atoms with Gasteiger partial charge < -0.3 is 26.0 Å². The van der Waals surface area contributed by atoms with Crippen LogP contribution in [-0.2, 0) is 4.79 Å². The van der Waals surface area contributed by atoms with Crippen molar-refractivity contribution < 1.29 is 14.7 Å². The number of benzene rings is 4. The van der Waals surface area contributed by atoms with E-state index in [9.17, 15) is 14.7 Å². The number of nitrogens with one attached hydrogen (secondary N) is 3. The molecule has 4 N–H and O–H groups in total. The largest absolute Gasteiger partial charge is 0.395 e. The Morgan fingerprint density at radius 1 is 0.930 bits per heavy atom. The van der Waals surface area contributed by atoms with Gasteiger partial charge in [-0.1, -0.05) is 84.4 Å². The number of hydrogen-bond donors (Lipinski definition) is 4. The highest BCUT2D eigenvalue weighted by Crippen LogP contribution is 2.27. The lowest BCUT2D eigenvalue weighted by Crippen LogP contribution is -2.50. The molecule has 0 spiro atoms. The normalized spacial score (nSPS) is 17.3. The van der Waals surface area contributed by atoms with Crippen molar-refractivity contribution >= 4 is 34.2 Å². The van der Waals surface area contributed by atoms with E-state index in [1.165, 1.54) is 11.1 Å². The van der Waals surface area contributed by atoms with Gasteiger partial charge in [0, 0.05) is 48.7 Å². The molecule has 0 aliphatic carbocycles. The van der Waals surface area contributed by atoms with E-state index < -0.39 is 6.04 Å². The van der Waals surface area contributed by atoms with E-state index in [2.05, 4.69) is 40.2 Å². The number of carbonyl (C=O) groups excluding carboxylic acids is 2. The zero-order chi connectivity index (χ0) is 30.0. The number of aliphatic hydroxyl groups excluding tert-OH is 1. The van der Waals surface area contributed by atoms with E-state index in [1.54, 1.807) is 0 Å². The minimum absolute atomic E-state index is 0.0403. The number of halogens is 1. The molecular formula is C35H39ClN4O3. The highest BCUT2D eigenvalue weighted by atomic mass is 35.5. The van der Waals surface area contributed by atoms with E-state index in [0.29, 0.717) is 56.2 Å². The summed E-state index contributed by atoms with van der Waals surface area (Å²) in [6, 6.07) is 31.4. The number of hydrogen-bond acceptors (Lipinski definition) is 5. The Morgan fingerprint density at radius 3 is 2.30 bits per heavy atom. The summed E-state index contributed by atoms with van der Waals surface area (Å²) in [5.74, 6) is -0.0521. The van der Waals surface area contributed by atoms with Crippen LogP contribution in [0.3, 0.4) is 0 Å². The Kier molecular flexibility index (Phi) is 10.8. The minimum atomic E-state index is -0.409. The van der Waals surface area contributed by atoms with E-state index in [4.69, 9.17) is 11.6 Å². The summed E-state index contributed by atoms with van der Waals surface area (Å²) >= 11 is 6.11. The second-order valence-electron chi connectivity index (χ2n) is 11.0. The van der Waals surface area contributed by atoms with Crippen molar-refractivity contribution in [2.24, 2.45) is 0 Å². The second-order valence-corrected chi connectivity index (χ2v) is 11.5. The Balaban J connectivity index is 1.30. The Morgan fingerprint density at radius 2 is 1.60 bits per heavy atom. The molecule has 8 heteroatoms. The molecule has 2 amide bonds. The van der Waals surface area contributed by atoms with Crippen molar-refractivity contribution in [3.8, 4) is 0 Å². The number of fused-ring (bicyclic) bond motifs is 1. The van der Waals surface area contributed by atoms with Crippen LogP contribution < -0.4 is 16.0 Å². The van der Waals surface area contributed by atoms with Crippen LogP contribution in [0.25, 0.3) is 10.8 Å². The van der Waals surface area contributed by atoms with Gasteiger partial charge in [0.05, 0.1) is 12.6 Å². The first kappa shape index (κ1) is 30.7. The smallest absolute Gasteiger partial charge is 0.251 e. The molecule has 1 saturated heterocycles. The van der Waals surface area contributed by atoms with E-state index in [-0.39, 0.29) is 30.4 Å². The zero-order valence-electron chi connectivity index (χ0n) is 24.2. The van der Waals surface area contributed by atoms with Gasteiger partial charge in [-0.3, -0.25) is 9.59 Å². The third kappa shape index (κ3) is 8.21. The van der Waals surface area contributed by atoms with Gasteiger partial charge in [-0.05, 0) is 65.6 Å². The maximum atomic E-state index is 14.0. The Bertz CT molecular complexity index is 1460. The lowest BCUT2D eigenvalue weighted by atomic mass is 9.90. The van der Waals surface area contributed by atoms with Gasteiger partial charge in [0.25, 0.3) is 5.91 Å². The molecule has 7 nitrogen and oxygen atoms in total. The van der Waals surface area contributed by atoms with Crippen LogP contribution in [0.5, 0.6) is 0 Å². The van der Waals surface area contributed by atoms with Gasteiger partial charge in [-0.15, -0.1) is 0 Å². The monoisotopic (exact) mass is 598 g/mol. The van der Waals surface area contributed by atoms with Gasteiger partial charge >= 0.3 is 0 Å². The van der Waals surface area contributed by atoms with Gasteiger partial charge in [-0.2, -0.15) is 0 Å². The van der Waals surface area contributed by atoms with Crippen LogP contribution in [0.2, 0.25) is 5.02 Å². The van der Waals surface area contributed by atoms with Crippen molar-refractivity contribution in [2.75, 3.05) is 39.3 Å². The summed E-state index contributed by atoms with van der Waals surface area (Å²) in [4.78, 5) is 29.0. The SMILES string of the molecule is O=C(NC[C@@H]1CCN(CC(c2ccccc2)c2ccccc2)C(=O)[C@H](CCNCCO)N1)c1ccc2cc(Cl)ccc2c1. The maximum Gasteiger partial charge on any atom is 0.251 e. The van der Waals surface area contributed by atoms with E-state index in [1.807, 2.05) is 77.7 Å². The molecule has 224 valence electrons. The van der Waals surface area contributed by atoms with Crippen LogP contribution in [0.4, 0.5) is 0 Å². The van der Waals surface area contributed by atoms with Crippen molar-refractivity contribution in [2.45, 2.75) is 30.8 Å². The standard InChI is InChI=1S/C35H39ClN4O3/c36-30-14-13-27-21-29(12-11-28(27)22-30)34(42)38-23-31-16-19-40(35(43)33(39-31)15-17-37-18-20-41)24-32(25-7-3-1-4-8-25)26-9-5-2-6-10-26/h1-14,21-22,31-33,37,39,41H,15-20,23-24H2,(H,38,42)/t31-,33-/m0/s1. The number of carbonyl (C=O) groups is 2. The zero-order valence-corrected chi connectivity index (χ0v) is 25.0. The van der Waals surface area contributed by atoms with Gasteiger partial charge in [-0.25, -0.2) is 0 Å². The first-order valence-electron chi connectivity index (χ1n) is 15.0. The summed E-state index contributed by atoms with van der Waals surface area (Å²) in [7, 11) is 0. The van der Waals surface area contributed by atoms with Gasteiger partial charge in [0.2, 0.25) is 5.91 Å². The van der Waals surface area contributed by atoms with Crippen LogP contribution in [0.1, 0.15) is 40.2 Å². The highest BCUT2D eigenvalue weighted by molar-refractivity contribution is 6.31. The molecule has 2 atom stereocenters. The molecular weight excluding hydrogens is 560 g/mol. The first-order chi connectivity index (χ1) is 21.0. The van der Waals surface area contributed by atoms with Crippen LogP contribution in [0.15, 0.2) is 97.1 Å². The topological polar surface area (TPSA) is 93.7 Å². The minimum Gasteiger partial charge on any atom is -0.395 e. The van der Waals surface area contributed by atoms with Crippen molar-refractivity contribution in [1.82, 2.24) is 20.9 Å². The molecule has 0 bridgehead atoms. The lowest BCUT2D eigenvalue weighted by molar-refractivity contribution is -0.133. The molecule has 4 aromatic carbocycles. The molecule has 1 heterocycles. The number of aliphatic hydroxyl groups is 1. The summed E-state index contributed by atoms with van der Waals surface area (Å²) < 4.78 is 0. The fourth-order valence-corrected chi connectivity index (χ4v) is 5.93. The fourth-order valence-electron chi connectivity index (χ4n) is 5.75. The predicted octanol–water partition coefficient (Wildman–Crippen LogP) is 4.59. The third-order valence-corrected chi connectivity index (χ3v) is 8.31. The molecule has 1 aliphatic heterocycles. The molecule has 43 heavy (non-hydrogen) atoms. The molecule has 0 radical (unpaired) electrons. The molecule has 0 unspecified atom stereocenters. The van der Waals surface area contributed by atoms with Crippen molar-refractivity contribution in [3.63, 3.8) is 0 Å². The number of nitrogens with zero attached hydrogens (tertiary/aromatic N) is 1. The third-order valence-electron chi connectivity index (χ3n) is 8.07. The maximum absolute atomic E-state index is 14.0. The molecule has 0 saturated carbocycles. The Hall–Kier alpha value is -3.75. The van der Waals surface area contributed by atoms with E-state index >= 15 is 0 Å². The van der Waals surface area contributed by atoms with Gasteiger partial charge in [0.1, 0.15) is 0 Å². The lowest BCUT2D eigenvalue weighted by Gasteiger charge is -2.29. The second kappa shape index (κ2) is 15.1. The van der Waals surface area contributed by atoms with Crippen LogP contribution in [0, 0.1) is 0 Å². The average molecular weight is 599 g/mol. The fraction of sp³-hybridized carbons (Fsp3) is 0.314. The van der Waals surface area contributed by atoms with Crippen molar-refractivity contribution in [3.05, 3.63) is 119 Å². The molecule has 1 fully saturated rings.